The number of pyridine rings is 1. The van der Waals surface area contributed by atoms with E-state index in [0.717, 1.165) is 0 Å². The first-order valence-electron chi connectivity index (χ1n) is 5.33. The Kier molecular flexibility index (Phi) is 2.87. The monoisotopic (exact) mass is 273 g/mol. The van der Waals surface area contributed by atoms with Crippen LogP contribution in [-0.2, 0) is 6.42 Å². The fourth-order valence-electron chi connectivity index (χ4n) is 2.16. The summed E-state index contributed by atoms with van der Waals surface area (Å²) in [6.45, 7) is 3.96. The van der Waals surface area contributed by atoms with E-state index >= 15 is 0 Å². The molecule has 0 spiro atoms. The molecule has 0 aliphatic heterocycles. The number of aromatic nitrogens is 1. The highest BCUT2D eigenvalue weighted by molar-refractivity contribution is 6.51. The molecule has 1 aromatic rings. The van der Waals surface area contributed by atoms with Crippen molar-refractivity contribution in [3.63, 3.8) is 0 Å². The Morgan fingerprint density at radius 3 is 2.59 bits per heavy atom. The van der Waals surface area contributed by atoms with Crippen LogP contribution >= 0.6 is 23.2 Å². The highest BCUT2D eigenvalue weighted by atomic mass is 35.5. The summed E-state index contributed by atoms with van der Waals surface area (Å²) in [5, 5.41) is 9.03. The minimum Gasteiger partial charge on any atom is -0.477 e. The van der Waals surface area contributed by atoms with E-state index in [-0.39, 0.29) is 17.0 Å². The van der Waals surface area contributed by atoms with Crippen LogP contribution in [0.3, 0.4) is 0 Å². The third-order valence-electron chi connectivity index (χ3n) is 3.60. The summed E-state index contributed by atoms with van der Waals surface area (Å²) < 4.78 is -0.779. The predicted octanol–water partition coefficient (Wildman–Crippen LogP) is 3.15. The summed E-state index contributed by atoms with van der Waals surface area (Å²) in [5.74, 6) is -0.963. The van der Waals surface area contributed by atoms with Gasteiger partial charge in [-0.25, -0.2) is 9.78 Å². The zero-order valence-electron chi connectivity index (χ0n) is 9.58. The van der Waals surface area contributed by atoms with E-state index in [0.29, 0.717) is 12.0 Å². The lowest BCUT2D eigenvalue weighted by Gasteiger charge is -2.05. The first kappa shape index (κ1) is 12.7. The quantitative estimate of drug-likeness (QED) is 0.861. The van der Waals surface area contributed by atoms with E-state index in [4.69, 9.17) is 28.3 Å². The van der Waals surface area contributed by atoms with Crippen molar-refractivity contribution in [3.05, 3.63) is 29.6 Å². The van der Waals surface area contributed by atoms with Crippen molar-refractivity contribution in [1.29, 1.82) is 0 Å². The lowest BCUT2D eigenvalue weighted by Crippen LogP contribution is -2.07. The van der Waals surface area contributed by atoms with Crippen LogP contribution in [0, 0.1) is 11.3 Å². The number of rotatable bonds is 3. The van der Waals surface area contributed by atoms with Gasteiger partial charge in [-0.05, 0) is 18.1 Å². The Labute approximate surface area is 110 Å². The van der Waals surface area contributed by atoms with E-state index in [2.05, 4.69) is 4.98 Å². The number of carbonyl (C=O) groups is 1. The van der Waals surface area contributed by atoms with Gasteiger partial charge >= 0.3 is 5.97 Å². The number of carboxylic acids is 1. The normalized spacial score (nSPS) is 24.4. The number of alkyl halides is 2. The van der Waals surface area contributed by atoms with Crippen LogP contribution in [0.25, 0.3) is 0 Å². The Morgan fingerprint density at radius 2 is 2.12 bits per heavy atom. The molecule has 1 heterocycles. The zero-order valence-corrected chi connectivity index (χ0v) is 11.1. The third kappa shape index (κ3) is 1.91. The summed E-state index contributed by atoms with van der Waals surface area (Å²) in [5.41, 5.74) is 0.572. The van der Waals surface area contributed by atoms with Crippen molar-refractivity contribution in [3.8, 4) is 0 Å². The van der Waals surface area contributed by atoms with Gasteiger partial charge in [0, 0.05) is 17.5 Å². The van der Waals surface area contributed by atoms with Crippen LogP contribution in [0.1, 0.15) is 29.9 Å². The van der Waals surface area contributed by atoms with Crippen LogP contribution < -0.4 is 0 Å². The van der Waals surface area contributed by atoms with Gasteiger partial charge in [0.15, 0.2) is 5.69 Å². The molecule has 1 N–H and O–H groups in total. The Bertz CT molecular complexity index is 457. The molecule has 2 rings (SSSR count). The van der Waals surface area contributed by atoms with E-state index in [1.165, 1.54) is 6.20 Å². The lowest BCUT2D eigenvalue weighted by atomic mass is 10.0. The molecule has 1 atom stereocenters. The molecule has 3 nitrogen and oxygen atoms in total. The Balaban J connectivity index is 2.25. The second-order valence-corrected chi connectivity index (χ2v) is 6.30. The summed E-state index contributed by atoms with van der Waals surface area (Å²) in [4.78, 5) is 14.9. The van der Waals surface area contributed by atoms with Crippen LogP contribution in [-0.4, -0.2) is 20.4 Å². The molecule has 1 aliphatic carbocycles. The minimum absolute atomic E-state index is 0.0561. The average molecular weight is 274 g/mol. The van der Waals surface area contributed by atoms with Gasteiger partial charge < -0.3 is 5.11 Å². The zero-order chi connectivity index (χ0) is 12.8. The van der Waals surface area contributed by atoms with Crippen LogP contribution in [0.4, 0.5) is 0 Å². The molecule has 0 amide bonds. The second kappa shape index (κ2) is 3.85. The van der Waals surface area contributed by atoms with Gasteiger partial charge in [-0.15, -0.1) is 23.2 Å². The van der Waals surface area contributed by atoms with Gasteiger partial charge in [0.2, 0.25) is 0 Å². The van der Waals surface area contributed by atoms with Crippen LogP contribution in [0.5, 0.6) is 0 Å². The lowest BCUT2D eigenvalue weighted by molar-refractivity contribution is 0.0689. The molecular weight excluding hydrogens is 261 g/mol. The topological polar surface area (TPSA) is 50.2 Å². The molecular formula is C12H13Cl2NO2. The number of carboxylic acid groups (broad SMARTS) is 1. The molecule has 0 aromatic carbocycles. The molecule has 1 saturated carbocycles. The molecule has 92 valence electrons. The highest BCUT2D eigenvalue weighted by Gasteiger charge is 2.69. The van der Waals surface area contributed by atoms with E-state index in [9.17, 15) is 4.79 Å². The minimum atomic E-state index is -1.02. The molecule has 0 bridgehead atoms. The smallest absolute Gasteiger partial charge is 0.354 e. The fraction of sp³-hybridized carbons (Fsp3) is 0.500. The Morgan fingerprint density at radius 1 is 1.53 bits per heavy atom. The largest absolute Gasteiger partial charge is 0.477 e. The van der Waals surface area contributed by atoms with E-state index in [1.54, 1.807) is 12.1 Å². The fourth-order valence-corrected chi connectivity index (χ4v) is 3.01. The maximum Gasteiger partial charge on any atom is 0.354 e. The van der Waals surface area contributed by atoms with Crippen molar-refractivity contribution in [2.24, 2.45) is 11.3 Å². The van der Waals surface area contributed by atoms with Gasteiger partial charge in [0.1, 0.15) is 4.33 Å². The van der Waals surface area contributed by atoms with E-state index < -0.39 is 10.3 Å². The van der Waals surface area contributed by atoms with Gasteiger partial charge in [0.25, 0.3) is 0 Å². The molecule has 1 fully saturated rings. The van der Waals surface area contributed by atoms with Gasteiger partial charge in [-0.3, -0.25) is 0 Å². The molecule has 1 unspecified atom stereocenters. The maximum atomic E-state index is 11.0. The number of hydrogen-bond donors (Lipinski definition) is 1. The summed E-state index contributed by atoms with van der Waals surface area (Å²) in [6, 6.07) is 3.48. The van der Waals surface area contributed by atoms with Crippen molar-refractivity contribution in [2.75, 3.05) is 0 Å². The van der Waals surface area contributed by atoms with Crippen LogP contribution in [0.15, 0.2) is 18.3 Å². The molecule has 0 radical (unpaired) electrons. The van der Waals surface area contributed by atoms with Crippen molar-refractivity contribution in [2.45, 2.75) is 24.6 Å². The summed E-state index contributed by atoms with van der Waals surface area (Å²) >= 11 is 12.4. The van der Waals surface area contributed by atoms with Crippen molar-refractivity contribution >= 4 is 29.2 Å². The standard InChI is InChI=1S/C12H13Cl2NO2/c1-11(2)8(12(11,13)14)6-7-4-3-5-15-9(7)10(16)17/h3-5,8H,6H2,1-2H3,(H,16,17). The maximum absolute atomic E-state index is 11.0. The summed E-state index contributed by atoms with van der Waals surface area (Å²) in [6.07, 6.45) is 2.01. The predicted molar refractivity (Wildman–Crippen MR) is 66.6 cm³/mol. The van der Waals surface area contributed by atoms with Gasteiger partial charge in [0.05, 0.1) is 0 Å². The third-order valence-corrected chi connectivity index (χ3v) is 5.10. The molecule has 5 heteroatoms. The van der Waals surface area contributed by atoms with E-state index in [1.807, 2.05) is 13.8 Å². The number of halogens is 2. The Hall–Kier alpha value is -0.800. The van der Waals surface area contributed by atoms with Gasteiger partial charge in [-0.2, -0.15) is 0 Å². The van der Waals surface area contributed by atoms with Gasteiger partial charge in [-0.1, -0.05) is 19.9 Å². The SMILES string of the molecule is CC1(C)C(Cc2cccnc2C(=O)O)C1(Cl)Cl. The first-order valence-corrected chi connectivity index (χ1v) is 6.09. The number of nitrogens with zero attached hydrogens (tertiary/aromatic N) is 1. The summed E-state index contributed by atoms with van der Waals surface area (Å²) in [7, 11) is 0. The molecule has 17 heavy (non-hydrogen) atoms. The average Bonchev–Trinajstić information content (AvgIpc) is 2.61. The number of aromatic carboxylic acids is 1. The molecule has 1 aliphatic rings. The molecule has 1 aromatic heterocycles. The molecule has 0 saturated heterocycles. The number of hydrogen-bond acceptors (Lipinski definition) is 2. The second-order valence-electron chi connectivity index (χ2n) is 4.92. The first-order chi connectivity index (χ1) is 7.78. The van der Waals surface area contributed by atoms with Crippen molar-refractivity contribution < 1.29 is 9.90 Å². The van der Waals surface area contributed by atoms with Crippen LogP contribution in [0.2, 0.25) is 0 Å². The highest BCUT2D eigenvalue weighted by Crippen LogP contribution is 2.69. The van der Waals surface area contributed by atoms with Crippen molar-refractivity contribution in [1.82, 2.24) is 4.98 Å².